The van der Waals surface area contributed by atoms with Gasteiger partial charge in [-0.15, -0.1) is 0 Å². The third kappa shape index (κ3) is 38.2. The van der Waals surface area contributed by atoms with E-state index in [9.17, 15) is 4.79 Å². The largest absolute Gasteiger partial charge is 0.479 e. The summed E-state index contributed by atoms with van der Waals surface area (Å²) in [6.45, 7) is 5.48. The van der Waals surface area contributed by atoms with Gasteiger partial charge in [-0.05, 0) is 20.8 Å². The fraction of sp³-hybridized carbons (Fsp3) is 0.909. The van der Waals surface area contributed by atoms with Crippen molar-refractivity contribution in [3.63, 3.8) is 0 Å². The number of ether oxygens (including phenoxy) is 1. The van der Waals surface area contributed by atoms with Crippen molar-refractivity contribution in [3.05, 3.63) is 0 Å². The number of hydrogen-bond donors (Lipinski definition) is 6. The van der Waals surface area contributed by atoms with E-state index < -0.39 is 17.6 Å². The summed E-state index contributed by atoms with van der Waals surface area (Å²) in [7, 11) is 0. The number of aliphatic carboxylic acids is 1. The minimum Gasteiger partial charge on any atom is -0.479 e. The van der Waals surface area contributed by atoms with Gasteiger partial charge in [-0.25, -0.2) is 4.79 Å². The van der Waals surface area contributed by atoms with E-state index >= 15 is 0 Å². The summed E-state index contributed by atoms with van der Waals surface area (Å²) in [6, 6.07) is 0. The van der Waals surface area contributed by atoms with Crippen molar-refractivity contribution < 1.29 is 35.1 Å². The third-order valence-corrected chi connectivity index (χ3v) is 1.24. The number of aliphatic hydroxyl groups excluding tert-OH is 4. The van der Waals surface area contributed by atoms with E-state index in [2.05, 4.69) is 4.74 Å². The van der Waals surface area contributed by atoms with Crippen LogP contribution in [-0.4, -0.2) is 76.2 Å². The van der Waals surface area contributed by atoms with Gasteiger partial charge < -0.3 is 36.0 Å². The Morgan fingerprint density at radius 2 is 1.47 bits per heavy atom. The van der Waals surface area contributed by atoms with Crippen molar-refractivity contribution >= 4 is 5.97 Å². The van der Waals surface area contributed by atoms with Crippen LogP contribution < -0.4 is 5.73 Å². The van der Waals surface area contributed by atoms with Crippen molar-refractivity contribution in [1.82, 2.24) is 0 Å². The van der Waals surface area contributed by atoms with E-state index in [0.717, 1.165) is 0 Å². The van der Waals surface area contributed by atoms with Crippen molar-refractivity contribution in [3.8, 4) is 0 Å². The molecule has 0 heterocycles. The lowest BCUT2D eigenvalue weighted by Gasteiger charge is -2.12. The quantitative estimate of drug-likeness (QED) is 0.311. The molecule has 0 aromatic carbocycles. The summed E-state index contributed by atoms with van der Waals surface area (Å²) in [4.78, 5) is 9.45. The molecule has 7 N–H and O–H groups in total. The van der Waals surface area contributed by atoms with Crippen LogP contribution in [0.3, 0.4) is 0 Å². The van der Waals surface area contributed by atoms with Crippen molar-refractivity contribution in [2.24, 2.45) is 5.73 Å². The molecule has 0 bridgehead atoms. The lowest BCUT2D eigenvalue weighted by atomic mass is 10.1. The van der Waals surface area contributed by atoms with E-state index in [-0.39, 0.29) is 19.8 Å². The first-order chi connectivity index (χ1) is 8.62. The Hall–Kier alpha value is -0.770. The highest BCUT2D eigenvalue weighted by Gasteiger charge is 2.05. The second-order valence-corrected chi connectivity index (χ2v) is 4.22. The van der Waals surface area contributed by atoms with Gasteiger partial charge in [0.15, 0.2) is 0 Å². The second-order valence-electron chi connectivity index (χ2n) is 4.22. The summed E-state index contributed by atoms with van der Waals surface area (Å²) in [5.41, 5.74) is 4.88. The lowest BCUT2D eigenvalue weighted by molar-refractivity contribution is -0.145. The molecule has 0 radical (unpaired) electrons. The number of rotatable bonds is 6. The third-order valence-electron chi connectivity index (χ3n) is 1.24. The van der Waals surface area contributed by atoms with Gasteiger partial charge in [0.25, 0.3) is 0 Å². The highest BCUT2D eigenvalue weighted by atomic mass is 16.5. The molecule has 19 heavy (non-hydrogen) atoms. The number of carbonyl (C=O) groups is 1. The second kappa shape index (κ2) is 15.3. The van der Waals surface area contributed by atoms with E-state index in [1.54, 1.807) is 13.8 Å². The maximum atomic E-state index is 9.45. The molecule has 0 aromatic heterocycles. The van der Waals surface area contributed by atoms with Gasteiger partial charge in [0.1, 0.15) is 6.10 Å². The molecule has 118 valence electrons. The fourth-order valence-electron chi connectivity index (χ4n) is 0.231. The molecular weight excluding hydrogens is 258 g/mol. The molecule has 0 aromatic rings. The number of nitrogens with two attached hydrogens (primary N) is 1. The van der Waals surface area contributed by atoms with Gasteiger partial charge in [0, 0.05) is 5.54 Å². The van der Waals surface area contributed by atoms with Crippen LogP contribution in [-0.2, 0) is 9.53 Å². The Morgan fingerprint density at radius 3 is 1.58 bits per heavy atom. The zero-order valence-corrected chi connectivity index (χ0v) is 11.7. The Labute approximate surface area is 113 Å². The van der Waals surface area contributed by atoms with E-state index in [1.165, 1.54) is 6.92 Å². The molecule has 0 aliphatic rings. The summed E-state index contributed by atoms with van der Waals surface area (Å²) in [6.07, 6.45) is -1.23. The number of carboxylic acid groups (broad SMARTS) is 1. The van der Waals surface area contributed by atoms with Crippen molar-refractivity contribution in [1.29, 1.82) is 0 Å². The number of hydrogen-bond acceptors (Lipinski definition) is 7. The van der Waals surface area contributed by atoms with Crippen LogP contribution in [0.4, 0.5) is 0 Å². The van der Waals surface area contributed by atoms with Gasteiger partial charge in [-0.3, -0.25) is 0 Å². The molecule has 8 nitrogen and oxygen atoms in total. The van der Waals surface area contributed by atoms with E-state index in [0.29, 0.717) is 13.2 Å². The van der Waals surface area contributed by atoms with Crippen LogP contribution in [0.2, 0.25) is 0 Å². The molecule has 8 heteroatoms. The van der Waals surface area contributed by atoms with Gasteiger partial charge in [-0.2, -0.15) is 0 Å². The summed E-state index contributed by atoms with van der Waals surface area (Å²) < 4.78 is 4.63. The summed E-state index contributed by atoms with van der Waals surface area (Å²) >= 11 is 0. The normalized spacial score (nSPS) is 11.6. The molecule has 1 unspecified atom stereocenters. The molecular formula is C11H27NO7. The minimum absolute atomic E-state index is 0.0278. The van der Waals surface area contributed by atoms with Crippen molar-refractivity contribution in [2.75, 3.05) is 33.0 Å². The zero-order chi connectivity index (χ0) is 15.9. The van der Waals surface area contributed by atoms with Gasteiger partial charge in [0.05, 0.1) is 33.0 Å². The smallest absolute Gasteiger partial charge is 0.332 e. The zero-order valence-electron chi connectivity index (χ0n) is 11.7. The SMILES string of the molecule is CC(C)(N)CO.CC(O)C(=O)O.OCCOCCO. The van der Waals surface area contributed by atoms with E-state index in [1.807, 2.05) is 0 Å². The first-order valence-corrected chi connectivity index (χ1v) is 5.72. The molecule has 0 fully saturated rings. The Morgan fingerprint density at radius 1 is 1.21 bits per heavy atom. The van der Waals surface area contributed by atoms with Crippen molar-refractivity contribution in [2.45, 2.75) is 32.4 Å². The molecule has 0 amide bonds. The highest BCUT2D eigenvalue weighted by molar-refractivity contribution is 5.71. The van der Waals surface area contributed by atoms with Crippen LogP contribution in [0.25, 0.3) is 0 Å². The molecule has 1 atom stereocenters. The molecule has 0 spiro atoms. The number of aliphatic hydroxyl groups is 4. The standard InChI is InChI=1S/C4H11NO.C4H10O3.C3H6O3/c1-4(2,5)3-6;5-1-3-7-4-2-6;1-2(4)3(5)6/h6H,3,5H2,1-2H3;5-6H,1-4H2;2,4H,1H3,(H,5,6). The van der Waals surface area contributed by atoms with Gasteiger partial charge in [0.2, 0.25) is 0 Å². The van der Waals surface area contributed by atoms with Crippen LogP contribution in [0.1, 0.15) is 20.8 Å². The predicted molar refractivity (Wildman–Crippen MR) is 69.7 cm³/mol. The highest BCUT2D eigenvalue weighted by Crippen LogP contribution is 1.90. The number of carboxylic acids is 1. The molecule has 0 saturated heterocycles. The Balaban J connectivity index is -0.000000203. The lowest BCUT2D eigenvalue weighted by Crippen LogP contribution is -2.35. The Kier molecular flexibility index (Phi) is 18.8. The monoisotopic (exact) mass is 285 g/mol. The topological polar surface area (TPSA) is 153 Å². The first-order valence-electron chi connectivity index (χ1n) is 5.72. The van der Waals surface area contributed by atoms with Crippen LogP contribution in [0.5, 0.6) is 0 Å². The molecule has 0 aliphatic carbocycles. The maximum absolute atomic E-state index is 9.45. The average Bonchev–Trinajstić information content (AvgIpc) is 2.30. The molecule has 0 aliphatic heterocycles. The van der Waals surface area contributed by atoms with E-state index in [4.69, 9.17) is 31.3 Å². The summed E-state index contributed by atoms with van der Waals surface area (Å²) in [5.74, 6) is -1.19. The Bertz CT molecular complexity index is 188. The molecule has 0 saturated carbocycles. The van der Waals surface area contributed by atoms with Crippen LogP contribution in [0.15, 0.2) is 0 Å². The van der Waals surface area contributed by atoms with Gasteiger partial charge in [-0.1, -0.05) is 0 Å². The average molecular weight is 285 g/mol. The maximum Gasteiger partial charge on any atom is 0.332 e. The van der Waals surface area contributed by atoms with Gasteiger partial charge >= 0.3 is 5.97 Å². The summed E-state index contributed by atoms with van der Waals surface area (Å²) in [5, 5.41) is 40.2. The first kappa shape index (κ1) is 23.3. The fourth-order valence-corrected chi connectivity index (χ4v) is 0.231. The minimum atomic E-state index is -1.23. The van der Waals surface area contributed by atoms with Crippen LogP contribution >= 0.6 is 0 Å². The predicted octanol–water partition coefficient (Wildman–Crippen LogP) is -1.84. The molecule has 0 rings (SSSR count). The van der Waals surface area contributed by atoms with Crippen LogP contribution in [0, 0.1) is 0 Å².